The number of hydrogen-bond acceptors (Lipinski definition) is 3. The molecule has 3 heterocycles. The van der Waals surface area contributed by atoms with Crippen molar-refractivity contribution in [2.45, 2.75) is 26.3 Å². The summed E-state index contributed by atoms with van der Waals surface area (Å²) in [7, 11) is 0. The highest BCUT2D eigenvalue weighted by Crippen LogP contribution is 2.38. The monoisotopic (exact) mass is 352 g/mol. The molecule has 3 aromatic rings. The van der Waals surface area contributed by atoms with E-state index in [1.807, 2.05) is 18.2 Å². The number of para-hydroxylation sites is 1. The van der Waals surface area contributed by atoms with E-state index in [2.05, 4.69) is 34.9 Å². The van der Waals surface area contributed by atoms with Gasteiger partial charge in [-0.15, -0.1) is 0 Å². The molecule has 3 N–H and O–H groups in total. The van der Waals surface area contributed by atoms with Gasteiger partial charge in [0.2, 0.25) is 0 Å². The Bertz CT molecular complexity index is 1080. The van der Waals surface area contributed by atoms with Crippen LogP contribution < -0.4 is 11.2 Å². The summed E-state index contributed by atoms with van der Waals surface area (Å²) in [6.45, 7) is 4.66. The topological polar surface area (TPSA) is 102 Å². The summed E-state index contributed by atoms with van der Waals surface area (Å²) in [5, 5.41) is 1.19. The summed E-state index contributed by atoms with van der Waals surface area (Å²) in [4.78, 5) is 45.9. The van der Waals surface area contributed by atoms with E-state index in [0.717, 1.165) is 23.7 Å². The van der Waals surface area contributed by atoms with E-state index in [1.165, 1.54) is 10.9 Å². The second-order valence-corrected chi connectivity index (χ2v) is 7.00. The Morgan fingerprint density at radius 2 is 1.92 bits per heavy atom. The molecule has 0 aliphatic carbocycles. The van der Waals surface area contributed by atoms with Crippen LogP contribution in [0.3, 0.4) is 0 Å². The fraction of sp³-hybridized carbons (Fsp3) is 0.316. The maximum Gasteiger partial charge on any atom is 0.326 e. The minimum atomic E-state index is -0.676. The molecule has 1 unspecified atom stereocenters. The zero-order valence-electron chi connectivity index (χ0n) is 14.6. The molecule has 0 saturated heterocycles. The lowest BCUT2D eigenvalue weighted by Crippen LogP contribution is -2.43. The van der Waals surface area contributed by atoms with Gasteiger partial charge in [0.15, 0.2) is 0 Å². The van der Waals surface area contributed by atoms with Gasteiger partial charge in [0.05, 0.1) is 6.04 Å². The van der Waals surface area contributed by atoms with Gasteiger partial charge in [0, 0.05) is 29.2 Å². The largest absolute Gasteiger partial charge is 0.356 e. The van der Waals surface area contributed by atoms with Crippen LogP contribution >= 0.6 is 0 Å². The van der Waals surface area contributed by atoms with Crippen LogP contribution in [0.1, 0.15) is 41.6 Å². The van der Waals surface area contributed by atoms with Gasteiger partial charge in [-0.25, -0.2) is 4.79 Å². The molecule has 134 valence electrons. The van der Waals surface area contributed by atoms with E-state index in [-0.39, 0.29) is 23.6 Å². The van der Waals surface area contributed by atoms with Gasteiger partial charge >= 0.3 is 5.69 Å². The summed E-state index contributed by atoms with van der Waals surface area (Å²) in [5.74, 6) is -0.170. The second-order valence-electron chi connectivity index (χ2n) is 7.00. The van der Waals surface area contributed by atoms with Gasteiger partial charge in [-0.1, -0.05) is 32.0 Å². The van der Waals surface area contributed by atoms with Crippen molar-refractivity contribution in [2.24, 2.45) is 5.92 Å². The standard InChI is InChI=1S/C19H20N4O3/c1-10(2)17-16-12(11-5-3-4-6-13(11)20-16)7-8-23(17)18(25)14-9-15(24)22-19(26)21-14/h3-6,9-10,17,20H,7-8H2,1-2H3,(H2,21,22,24,26). The van der Waals surface area contributed by atoms with E-state index in [1.54, 1.807) is 4.90 Å². The highest BCUT2D eigenvalue weighted by Gasteiger charge is 2.35. The first-order valence-electron chi connectivity index (χ1n) is 8.70. The average molecular weight is 352 g/mol. The Kier molecular flexibility index (Phi) is 3.79. The van der Waals surface area contributed by atoms with Crippen LogP contribution in [0.15, 0.2) is 39.9 Å². The minimum absolute atomic E-state index is 0.0176. The van der Waals surface area contributed by atoms with Crippen molar-refractivity contribution in [1.82, 2.24) is 19.9 Å². The van der Waals surface area contributed by atoms with Crippen molar-refractivity contribution >= 4 is 16.8 Å². The first-order valence-corrected chi connectivity index (χ1v) is 8.70. The van der Waals surface area contributed by atoms with Crippen LogP contribution in [0.4, 0.5) is 0 Å². The van der Waals surface area contributed by atoms with Crippen LogP contribution in [0.5, 0.6) is 0 Å². The summed E-state index contributed by atoms with van der Waals surface area (Å²) in [6.07, 6.45) is 0.724. The Hall–Kier alpha value is -3.09. The van der Waals surface area contributed by atoms with Gasteiger partial charge in [0.25, 0.3) is 11.5 Å². The predicted octanol–water partition coefficient (Wildman–Crippen LogP) is 1.94. The molecule has 4 rings (SSSR count). The molecule has 1 aliphatic rings. The highest BCUT2D eigenvalue weighted by atomic mass is 16.2. The maximum absolute atomic E-state index is 13.0. The van der Waals surface area contributed by atoms with Gasteiger partial charge in [-0.3, -0.25) is 14.6 Å². The molecule has 1 aliphatic heterocycles. The summed E-state index contributed by atoms with van der Waals surface area (Å²) >= 11 is 0. The molecule has 1 amide bonds. The highest BCUT2D eigenvalue weighted by molar-refractivity contribution is 5.93. The Morgan fingerprint density at radius 3 is 2.65 bits per heavy atom. The van der Waals surface area contributed by atoms with Crippen molar-refractivity contribution in [1.29, 1.82) is 0 Å². The molecular formula is C19H20N4O3. The lowest BCUT2D eigenvalue weighted by atomic mass is 9.90. The number of H-pyrrole nitrogens is 3. The number of carbonyl (C=O) groups excluding carboxylic acids is 1. The van der Waals surface area contributed by atoms with Crippen molar-refractivity contribution in [2.75, 3.05) is 6.54 Å². The molecule has 7 heteroatoms. The third-order valence-corrected chi connectivity index (χ3v) is 4.96. The van der Waals surface area contributed by atoms with Gasteiger partial charge in [0.1, 0.15) is 5.69 Å². The summed E-state index contributed by atoms with van der Waals surface area (Å²) < 4.78 is 0. The van der Waals surface area contributed by atoms with E-state index in [9.17, 15) is 14.4 Å². The van der Waals surface area contributed by atoms with Crippen molar-refractivity contribution in [3.05, 3.63) is 68.1 Å². The number of amides is 1. The number of fused-ring (bicyclic) bond motifs is 3. The molecule has 1 atom stereocenters. The van der Waals surface area contributed by atoms with Crippen molar-refractivity contribution in [3.8, 4) is 0 Å². The molecule has 0 saturated carbocycles. The molecule has 7 nitrogen and oxygen atoms in total. The predicted molar refractivity (Wildman–Crippen MR) is 98.3 cm³/mol. The molecule has 0 fully saturated rings. The normalized spacial score (nSPS) is 16.9. The number of rotatable bonds is 2. The van der Waals surface area contributed by atoms with Crippen LogP contribution in [-0.4, -0.2) is 32.3 Å². The Labute approximate surface area is 149 Å². The third-order valence-electron chi connectivity index (χ3n) is 4.96. The smallest absolute Gasteiger partial charge is 0.326 e. The third kappa shape index (κ3) is 2.56. The van der Waals surface area contributed by atoms with Crippen LogP contribution in [-0.2, 0) is 6.42 Å². The van der Waals surface area contributed by atoms with E-state index in [0.29, 0.717) is 6.54 Å². The van der Waals surface area contributed by atoms with E-state index >= 15 is 0 Å². The van der Waals surface area contributed by atoms with Crippen molar-refractivity contribution < 1.29 is 4.79 Å². The SMILES string of the molecule is CC(C)C1c2[nH]c3ccccc3c2CCN1C(=O)c1cc(=O)[nH]c(=O)[nH]1. The van der Waals surface area contributed by atoms with Crippen LogP contribution in [0, 0.1) is 5.92 Å². The first kappa shape index (κ1) is 16.4. The molecule has 0 radical (unpaired) electrons. The molecular weight excluding hydrogens is 332 g/mol. The minimum Gasteiger partial charge on any atom is -0.356 e. The second kappa shape index (κ2) is 6.01. The van der Waals surface area contributed by atoms with E-state index < -0.39 is 11.2 Å². The van der Waals surface area contributed by atoms with Crippen LogP contribution in [0.25, 0.3) is 10.9 Å². The molecule has 0 spiro atoms. The fourth-order valence-corrected chi connectivity index (χ4v) is 3.93. The lowest BCUT2D eigenvalue weighted by Gasteiger charge is -2.38. The zero-order valence-corrected chi connectivity index (χ0v) is 14.6. The Morgan fingerprint density at radius 1 is 1.15 bits per heavy atom. The number of nitrogens with one attached hydrogen (secondary N) is 3. The summed E-state index contributed by atoms with van der Waals surface area (Å²) in [6, 6.07) is 9.11. The van der Waals surface area contributed by atoms with Crippen LogP contribution in [0.2, 0.25) is 0 Å². The number of benzene rings is 1. The average Bonchev–Trinajstić information content (AvgIpc) is 2.97. The number of aromatic amines is 3. The number of hydrogen-bond donors (Lipinski definition) is 3. The molecule has 2 aromatic heterocycles. The first-order chi connectivity index (χ1) is 12.5. The van der Waals surface area contributed by atoms with Gasteiger partial charge in [-0.2, -0.15) is 0 Å². The molecule has 0 bridgehead atoms. The summed E-state index contributed by atoms with van der Waals surface area (Å²) in [5.41, 5.74) is 2.09. The lowest BCUT2D eigenvalue weighted by molar-refractivity contribution is 0.0591. The fourth-order valence-electron chi connectivity index (χ4n) is 3.93. The van der Waals surface area contributed by atoms with Crippen molar-refractivity contribution in [3.63, 3.8) is 0 Å². The quantitative estimate of drug-likeness (QED) is 0.657. The number of nitrogens with zero attached hydrogens (tertiary/aromatic N) is 1. The van der Waals surface area contributed by atoms with Gasteiger partial charge in [-0.05, 0) is 24.0 Å². The van der Waals surface area contributed by atoms with E-state index in [4.69, 9.17) is 0 Å². The zero-order chi connectivity index (χ0) is 18.4. The molecule has 26 heavy (non-hydrogen) atoms. The Balaban J connectivity index is 1.81. The van der Waals surface area contributed by atoms with Gasteiger partial charge < -0.3 is 14.9 Å². The number of carbonyl (C=O) groups is 1. The number of aromatic nitrogens is 3. The maximum atomic E-state index is 13.0. The molecule has 1 aromatic carbocycles.